The SMILES string of the molecule is Cc1ccc(N(Cc2ccc(NC(=O)c3ccccc3C(C)C)cc2)S(C)(=O)=O)cc1C. The Labute approximate surface area is 191 Å². The van der Waals surface area contributed by atoms with Gasteiger partial charge in [0.2, 0.25) is 10.0 Å². The van der Waals surface area contributed by atoms with Crippen molar-refractivity contribution in [3.8, 4) is 0 Å². The molecular weight excluding hydrogens is 420 g/mol. The quantitative estimate of drug-likeness (QED) is 0.506. The molecule has 0 saturated carbocycles. The molecule has 168 valence electrons. The summed E-state index contributed by atoms with van der Waals surface area (Å²) < 4.78 is 26.3. The maximum atomic E-state index is 12.8. The Morgan fingerprint density at radius 1 is 0.938 bits per heavy atom. The van der Waals surface area contributed by atoms with Crippen molar-refractivity contribution >= 4 is 27.3 Å². The van der Waals surface area contributed by atoms with Crippen LogP contribution in [-0.4, -0.2) is 20.6 Å². The number of sulfonamides is 1. The lowest BCUT2D eigenvalue weighted by Crippen LogP contribution is -2.29. The van der Waals surface area contributed by atoms with Gasteiger partial charge in [-0.15, -0.1) is 0 Å². The van der Waals surface area contributed by atoms with Gasteiger partial charge in [-0.25, -0.2) is 8.42 Å². The monoisotopic (exact) mass is 450 g/mol. The first-order chi connectivity index (χ1) is 15.1. The molecule has 0 saturated heterocycles. The van der Waals surface area contributed by atoms with Gasteiger partial charge in [-0.1, -0.05) is 50.2 Å². The second-order valence-corrected chi connectivity index (χ2v) is 10.3. The molecule has 0 spiro atoms. The van der Waals surface area contributed by atoms with E-state index >= 15 is 0 Å². The number of anilines is 2. The molecule has 3 aromatic carbocycles. The van der Waals surface area contributed by atoms with Gasteiger partial charge in [-0.05, 0) is 72.4 Å². The number of carbonyl (C=O) groups excluding carboxylic acids is 1. The van der Waals surface area contributed by atoms with E-state index < -0.39 is 10.0 Å². The van der Waals surface area contributed by atoms with E-state index in [0.717, 1.165) is 22.3 Å². The molecule has 32 heavy (non-hydrogen) atoms. The number of amides is 1. The van der Waals surface area contributed by atoms with Crippen LogP contribution in [0, 0.1) is 13.8 Å². The Balaban J connectivity index is 1.78. The standard InChI is InChI=1S/C26H30N2O3S/c1-18(2)24-8-6-7-9-25(24)26(29)27-22-13-11-21(12-14-22)17-28(32(5,30)31)23-15-10-19(3)20(4)16-23/h6-16,18H,17H2,1-5H3,(H,27,29). The first kappa shape index (κ1) is 23.5. The number of benzene rings is 3. The molecule has 0 heterocycles. The van der Waals surface area contributed by atoms with Gasteiger partial charge in [0.15, 0.2) is 0 Å². The summed E-state index contributed by atoms with van der Waals surface area (Å²) in [4.78, 5) is 12.8. The zero-order chi connectivity index (χ0) is 23.5. The molecule has 0 bridgehead atoms. The van der Waals surface area contributed by atoms with Crippen LogP contribution >= 0.6 is 0 Å². The van der Waals surface area contributed by atoms with Crippen LogP contribution in [0.5, 0.6) is 0 Å². The Morgan fingerprint density at radius 2 is 1.59 bits per heavy atom. The number of nitrogens with zero attached hydrogens (tertiary/aromatic N) is 1. The van der Waals surface area contributed by atoms with Gasteiger partial charge in [-0.3, -0.25) is 9.10 Å². The second kappa shape index (κ2) is 9.57. The van der Waals surface area contributed by atoms with Crippen molar-refractivity contribution in [2.24, 2.45) is 0 Å². The van der Waals surface area contributed by atoms with E-state index in [0.29, 0.717) is 16.9 Å². The van der Waals surface area contributed by atoms with Crippen LogP contribution in [-0.2, 0) is 16.6 Å². The van der Waals surface area contributed by atoms with Crippen LogP contribution in [0.4, 0.5) is 11.4 Å². The van der Waals surface area contributed by atoms with Crippen LogP contribution < -0.4 is 9.62 Å². The van der Waals surface area contributed by atoms with E-state index in [-0.39, 0.29) is 18.4 Å². The van der Waals surface area contributed by atoms with Gasteiger partial charge in [0.05, 0.1) is 18.5 Å². The van der Waals surface area contributed by atoms with E-state index in [2.05, 4.69) is 19.2 Å². The third-order valence-corrected chi connectivity index (χ3v) is 6.68. The van der Waals surface area contributed by atoms with Crippen LogP contribution in [0.1, 0.15) is 52.4 Å². The molecule has 1 amide bonds. The van der Waals surface area contributed by atoms with Crippen molar-refractivity contribution in [2.45, 2.75) is 40.2 Å². The summed E-state index contributed by atoms with van der Waals surface area (Å²) in [7, 11) is -3.46. The molecule has 3 rings (SSSR count). The summed E-state index contributed by atoms with van der Waals surface area (Å²) in [6.45, 7) is 8.30. The summed E-state index contributed by atoms with van der Waals surface area (Å²) in [5.41, 5.74) is 5.93. The number of hydrogen-bond donors (Lipinski definition) is 1. The van der Waals surface area contributed by atoms with Crippen LogP contribution in [0.3, 0.4) is 0 Å². The fourth-order valence-electron chi connectivity index (χ4n) is 3.55. The molecule has 0 aliphatic carbocycles. The van der Waals surface area contributed by atoms with Crippen molar-refractivity contribution < 1.29 is 13.2 Å². The minimum Gasteiger partial charge on any atom is -0.322 e. The van der Waals surface area contributed by atoms with E-state index in [4.69, 9.17) is 0 Å². The molecule has 5 nitrogen and oxygen atoms in total. The largest absolute Gasteiger partial charge is 0.322 e. The summed E-state index contributed by atoms with van der Waals surface area (Å²) in [5, 5.41) is 2.94. The van der Waals surface area contributed by atoms with Gasteiger partial charge in [0, 0.05) is 11.3 Å². The van der Waals surface area contributed by atoms with E-state index in [9.17, 15) is 13.2 Å². The zero-order valence-electron chi connectivity index (χ0n) is 19.2. The average Bonchev–Trinajstić information content (AvgIpc) is 2.74. The van der Waals surface area contributed by atoms with E-state index in [1.54, 1.807) is 12.1 Å². The molecule has 0 fully saturated rings. The van der Waals surface area contributed by atoms with Gasteiger partial charge in [-0.2, -0.15) is 0 Å². The lowest BCUT2D eigenvalue weighted by Gasteiger charge is -2.23. The van der Waals surface area contributed by atoms with Crippen molar-refractivity contribution in [3.05, 3.63) is 94.5 Å². The van der Waals surface area contributed by atoms with Crippen molar-refractivity contribution in [3.63, 3.8) is 0 Å². The normalized spacial score (nSPS) is 11.4. The first-order valence-electron chi connectivity index (χ1n) is 10.6. The molecule has 0 aliphatic rings. The fraction of sp³-hybridized carbons (Fsp3) is 0.269. The van der Waals surface area contributed by atoms with Crippen molar-refractivity contribution in [2.75, 3.05) is 15.9 Å². The number of aryl methyl sites for hydroxylation is 2. The first-order valence-corrected chi connectivity index (χ1v) is 12.5. The zero-order valence-corrected chi connectivity index (χ0v) is 20.0. The summed E-state index contributed by atoms with van der Waals surface area (Å²) in [5.74, 6) is 0.0849. The molecule has 0 aliphatic heterocycles. The predicted octanol–water partition coefficient (Wildman–Crippen LogP) is 5.65. The Morgan fingerprint density at radius 3 is 2.19 bits per heavy atom. The average molecular weight is 451 g/mol. The number of rotatable bonds is 7. The van der Waals surface area contributed by atoms with Gasteiger partial charge in [0.1, 0.15) is 0 Å². The highest BCUT2D eigenvalue weighted by Crippen LogP contribution is 2.25. The number of hydrogen-bond acceptors (Lipinski definition) is 3. The van der Waals surface area contributed by atoms with Crippen LogP contribution in [0.15, 0.2) is 66.7 Å². The van der Waals surface area contributed by atoms with Crippen molar-refractivity contribution in [1.82, 2.24) is 0 Å². The van der Waals surface area contributed by atoms with Gasteiger partial charge in [0.25, 0.3) is 5.91 Å². The summed E-state index contributed by atoms with van der Waals surface area (Å²) in [6.07, 6.45) is 1.21. The highest BCUT2D eigenvalue weighted by molar-refractivity contribution is 7.92. The molecule has 1 N–H and O–H groups in total. The van der Waals surface area contributed by atoms with Gasteiger partial charge < -0.3 is 5.32 Å². The highest BCUT2D eigenvalue weighted by atomic mass is 32.2. The molecule has 6 heteroatoms. The topological polar surface area (TPSA) is 66.5 Å². The third-order valence-electron chi connectivity index (χ3n) is 5.54. The minimum absolute atomic E-state index is 0.157. The molecular formula is C26H30N2O3S. The maximum Gasteiger partial charge on any atom is 0.255 e. The lowest BCUT2D eigenvalue weighted by atomic mass is 9.97. The molecule has 0 atom stereocenters. The lowest BCUT2D eigenvalue weighted by molar-refractivity contribution is 0.102. The Bertz CT molecular complexity index is 1220. The Hall–Kier alpha value is -3.12. The van der Waals surface area contributed by atoms with Crippen molar-refractivity contribution in [1.29, 1.82) is 0 Å². The van der Waals surface area contributed by atoms with Crippen LogP contribution in [0.2, 0.25) is 0 Å². The molecule has 0 radical (unpaired) electrons. The minimum atomic E-state index is -3.46. The second-order valence-electron chi connectivity index (χ2n) is 8.43. The Kier molecular flexibility index (Phi) is 7.04. The molecule has 3 aromatic rings. The maximum absolute atomic E-state index is 12.8. The van der Waals surface area contributed by atoms with Gasteiger partial charge >= 0.3 is 0 Å². The third kappa shape index (κ3) is 5.56. The van der Waals surface area contributed by atoms with Crippen LogP contribution in [0.25, 0.3) is 0 Å². The predicted molar refractivity (Wildman–Crippen MR) is 132 cm³/mol. The van der Waals surface area contributed by atoms with E-state index in [1.807, 2.05) is 68.4 Å². The highest BCUT2D eigenvalue weighted by Gasteiger charge is 2.19. The summed E-state index contributed by atoms with van der Waals surface area (Å²) >= 11 is 0. The van der Waals surface area contributed by atoms with E-state index in [1.165, 1.54) is 10.6 Å². The molecule has 0 unspecified atom stereocenters. The smallest absolute Gasteiger partial charge is 0.255 e. The fourth-order valence-corrected chi connectivity index (χ4v) is 4.43. The molecule has 0 aromatic heterocycles. The summed E-state index contributed by atoms with van der Waals surface area (Å²) in [6, 6.07) is 20.5. The number of nitrogens with one attached hydrogen (secondary N) is 1. The number of carbonyl (C=O) groups is 1.